The van der Waals surface area contributed by atoms with Gasteiger partial charge in [-0.25, -0.2) is 0 Å². The number of thiophene rings is 6. The van der Waals surface area contributed by atoms with Crippen LogP contribution in [-0.2, 0) is 11.2 Å². The van der Waals surface area contributed by atoms with E-state index in [0.717, 1.165) is 203 Å². The SMILES string of the molecule is N#Cc1ccc(-c2csc3c(=O)cc(N4CCCCC4)oc23)cc1.O=C(Nc1nn[nH]n1)c1csc2c(=O)cc(N3CCCCC3)oc12.O=c1cc(N2CCCCC2)oc2c(-c3ccco3)csc12.O=c1cc(N2CCCCC2)oc2c(-c3ccncc3)csc12.O=c1cc(N2CCCCC2)oc2c(Cc3ccccc3)csc12.O=c1cc(N2CCOCC2)oc2c(-c3cccnc3)csc12. The largest absolute Gasteiger partial charge is 0.464 e. The molecular weight excluding hydrogens is 1840 g/mol. The summed E-state index contributed by atoms with van der Waals surface area (Å²) in [6.07, 6.45) is 27.0. The number of carbonyl (C=O) groups is 1. The number of aromatic nitrogens is 6. The predicted molar refractivity (Wildman–Crippen MR) is 541 cm³/mol. The van der Waals surface area contributed by atoms with Gasteiger partial charge in [0.2, 0.25) is 32.6 Å². The van der Waals surface area contributed by atoms with Crippen molar-refractivity contribution in [1.82, 2.24) is 30.6 Å². The molecule has 0 aliphatic carbocycles. The van der Waals surface area contributed by atoms with Crippen molar-refractivity contribution in [1.29, 1.82) is 5.26 Å². The van der Waals surface area contributed by atoms with E-state index in [1.165, 1.54) is 125 Å². The van der Waals surface area contributed by atoms with Crippen LogP contribution < -0.4 is 67.3 Å². The molecule has 2 aromatic carbocycles. The van der Waals surface area contributed by atoms with Gasteiger partial charge in [0.25, 0.3) is 11.9 Å². The number of rotatable bonds is 14. The van der Waals surface area contributed by atoms with Crippen molar-refractivity contribution < 1.29 is 40.5 Å². The van der Waals surface area contributed by atoms with E-state index in [-0.39, 0.29) is 44.1 Å². The molecule has 1 amide bonds. The Bertz CT molecular complexity index is 7440. The van der Waals surface area contributed by atoms with Crippen LogP contribution in [0.25, 0.3) is 106 Å². The van der Waals surface area contributed by atoms with E-state index in [9.17, 15) is 33.6 Å². The molecule has 35 heteroatoms. The number of amides is 1. The van der Waals surface area contributed by atoms with Crippen LogP contribution >= 0.6 is 68.0 Å². The Morgan fingerprint density at radius 2 is 0.787 bits per heavy atom. The van der Waals surface area contributed by atoms with E-state index in [0.29, 0.717) is 99.6 Å². The summed E-state index contributed by atoms with van der Waals surface area (Å²) in [5.74, 6) is 4.26. The number of aromatic amines is 1. The average Bonchev–Trinajstić information content (AvgIpc) is 1.63. The lowest BCUT2D eigenvalue weighted by Crippen LogP contribution is -2.36. The van der Waals surface area contributed by atoms with E-state index < -0.39 is 5.91 Å². The summed E-state index contributed by atoms with van der Waals surface area (Å²) < 4.78 is 51.0. The summed E-state index contributed by atoms with van der Waals surface area (Å²) >= 11 is 8.36. The zero-order valence-electron chi connectivity index (χ0n) is 74.1. The van der Waals surface area contributed by atoms with Crippen molar-refractivity contribution in [3.05, 3.63) is 274 Å². The molecule has 2 N–H and O–H groups in total. The summed E-state index contributed by atoms with van der Waals surface area (Å²) in [5.41, 5.74) is 13.6. The van der Waals surface area contributed by atoms with E-state index in [1.807, 2.05) is 93.2 Å². The zero-order chi connectivity index (χ0) is 92.8. The minimum Gasteiger partial charge on any atom is -0.464 e. The van der Waals surface area contributed by atoms with Crippen molar-refractivity contribution >= 4 is 177 Å². The number of tetrazole rings is 1. The maximum Gasteiger partial charge on any atom is 0.270 e. The van der Waals surface area contributed by atoms with Crippen LogP contribution in [0.15, 0.2) is 250 Å². The highest BCUT2D eigenvalue weighted by Crippen LogP contribution is 2.41. The minimum atomic E-state index is -0.443. The lowest BCUT2D eigenvalue weighted by molar-refractivity contribution is 0.102. The van der Waals surface area contributed by atoms with E-state index in [1.54, 1.807) is 78.9 Å². The van der Waals surface area contributed by atoms with Crippen LogP contribution in [0.2, 0.25) is 0 Å². The smallest absolute Gasteiger partial charge is 0.270 e. The molecule has 0 bridgehead atoms. The second-order valence-electron chi connectivity index (χ2n) is 33.5. The minimum absolute atomic E-state index is 0.00267. The molecule has 18 aromatic rings. The summed E-state index contributed by atoms with van der Waals surface area (Å²) in [7, 11) is 0. The van der Waals surface area contributed by atoms with Gasteiger partial charge in [-0.2, -0.15) is 10.5 Å². The fourth-order valence-electron chi connectivity index (χ4n) is 17.4. The number of ether oxygens (including phenoxy) is 1. The number of nitriles is 1. The molecule has 0 spiro atoms. The summed E-state index contributed by atoms with van der Waals surface area (Å²) in [6.45, 7) is 12.1. The van der Waals surface area contributed by atoms with Gasteiger partial charge in [-0.1, -0.05) is 53.6 Å². The number of hydrogen-bond acceptors (Lipinski definition) is 33. The first kappa shape index (κ1) is 91.4. The summed E-state index contributed by atoms with van der Waals surface area (Å²) in [4.78, 5) is 108. The van der Waals surface area contributed by atoms with Gasteiger partial charge < -0.3 is 65.1 Å². The number of furan rings is 1. The highest BCUT2D eigenvalue weighted by Gasteiger charge is 2.28. The molecule has 694 valence electrons. The van der Waals surface area contributed by atoms with Crippen molar-refractivity contribution in [3.8, 4) is 50.8 Å². The maximum atomic E-state index is 12.5. The Labute approximate surface area is 801 Å². The van der Waals surface area contributed by atoms with Crippen LogP contribution in [0, 0.1) is 11.3 Å². The van der Waals surface area contributed by atoms with E-state index >= 15 is 0 Å². The van der Waals surface area contributed by atoms with E-state index in [4.69, 9.17) is 40.9 Å². The number of nitrogens with zero attached hydrogens (tertiary/aromatic N) is 12. The Morgan fingerprint density at radius 3 is 1.21 bits per heavy atom. The molecule has 29 nitrogen and oxygen atoms in total. The highest BCUT2D eigenvalue weighted by atomic mass is 32.1. The monoisotopic (exact) mass is 1930 g/mol. The van der Waals surface area contributed by atoms with Crippen LogP contribution in [0.5, 0.6) is 0 Å². The third kappa shape index (κ3) is 20.9. The van der Waals surface area contributed by atoms with Gasteiger partial charge in [0, 0.05) is 201 Å². The Morgan fingerprint density at radius 1 is 0.390 bits per heavy atom. The lowest BCUT2D eigenvalue weighted by atomic mass is 10.1. The second kappa shape index (κ2) is 42.9. The van der Waals surface area contributed by atoms with Crippen LogP contribution in [0.4, 0.5) is 41.3 Å². The van der Waals surface area contributed by atoms with Gasteiger partial charge in [-0.3, -0.25) is 48.8 Å². The number of anilines is 7. The first-order valence-corrected chi connectivity index (χ1v) is 50.9. The number of fused-ring (bicyclic) bond motifs is 6. The van der Waals surface area contributed by atoms with Crippen molar-refractivity contribution in [2.75, 3.05) is 126 Å². The number of pyridine rings is 2. The van der Waals surface area contributed by atoms with Gasteiger partial charge in [-0.15, -0.1) is 73.1 Å². The number of nitrogens with one attached hydrogen (secondary N) is 2. The molecule has 24 rings (SSSR count). The standard InChI is InChI=1S/C19H16N2O2S.C19H19NO2S.C17H16N2O2S.C16H14N2O3S.C16H15NO3S.C14H14N6O3S/c20-11-13-4-6-14(7-5-13)15-12-24-19-16(22)10-17(23-18(15)19)21-8-2-1-3-9-21;21-16-12-17(20-9-5-2-6-10-20)22-18-15(13-23-19(16)18)11-14-7-3-1-4-8-14;20-14-10-15(19-8-2-1-3-9-19)21-16-13(11-22-17(14)16)12-4-6-18-7-5-12;19-13-8-14(18-4-6-20-7-5-18)21-15-12(10-22-16(13)15)11-2-1-3-17-9-11;18-12-9-14(17-6-2-1-3-7-17)20-15-11(10-21-16(12)15)13-5-4-8-19-13;21-9-6-10(20-4-2-1-3-5-20)23-11-8(7-24-12(9)11)13(22)15-14-16-18-19-17-14/h4-7,10,12H,1-3,8-9H2;1,3-4,7-8,12-13H,2,5-6,9-11H2;4-7,10-11H,1-3,8-9H2;1-3,8-10H,4-7H2;4-5,8-10H,1-3,6-7H2;6-7H,1-5H2,(H2,15,16,17,18,19,22). The highest BCUT2D eigenvalue weighted by molar-refractivity contribution is 7.19. The topological polar surface area (TPSA) is 356 Å². The Balaban J connectivity index is 0.000000105. The zero-order valence-corrected chi connectivity index (χ0v) is 79.0. The lowest BCUT2D eigenvalue weighted by Gasteiger charge is -2.27. The maximum absolute atomic E-state index is 12.5. The van der Waals surface area contributed by atoms with Crippen molar-refractivity contribution in [3.63, 3.8) is 0 Å². The number of H-pyrrole nitrogens is 1. The normalized spacial score (nSPS) is 15.2. The van der Waals surface area contributed by atoms with Crippen molar-refractivity contribution in [2.45, 2.75) is 103 Å². The van der Waals surface area contributed by atoms with E-state index in [2.05, 4.69) is 84.0 Å². The van der Waals surface area contributed by atoms with Gasteiger partial charge in [0.05, 0.1) is 42.2 Å². The third-order valence-corrected chi connectivity index (χ3v) is 30.3. The molecule has 6 saturated heterocycles. The first-order chi connectivity index (χ1) is 66.8. The first-order valence-electron chi connectivity index (χ1n) is 45.6. The Hall–Kier alpha value is -13.7. The molecule has 16 aromatic heterocycles. The molecule has 0 atom stereocenters. The predicted octanol–water partition coefficient (Wildman–Crippen LogP) is 21.2. The fourth-order valence-corrected chi connectivity index (χ4v) is 22.8. The molecule has 6 aliphatic heterocycles. The van der Waals surface area contributed by atoms with Crippen molar-refractivity contribution in [2.24, 2.45) is 0 Å². The second-order valence-corrected chi connectivity index (χ2v) is 38.8. The van der Waals surface area contributed by atoms with Gasteiger partial charge in [0.1, 0.15) is 34.0 Å². The number of piperidine rings is 5. The third-order valence-electron chi connectivity index (χ3n) is 24.4. The average molecular weight is 1940 g/mol. The van der Waals surface area contributed by atoms with Gasteiger partial charge in [0.15, 0.2) is 68.8 Å². The number of carbonyl (C=O) groups excluding carboxylic acids is 1. The van der Waals surface area contributed by atoms with Crippen LogP contribution in [-0.4, -0.2) is 128 Å². The number of morpholine rings is 1. The number of hydrogen-bond donors (Lipinski definition) is 2. The molecule has 6 fully saturated rings. The molecule has 0 unspecified atom stereocenters. The van der Waals surface area contributed by atoms with Gasteiger partial charge in [-0.05, 0) is 166 Å². The molecular formula is C101H94N14O15S6. The summed E-state index contributed by atoms with van der Waals surface area (Å²) in [6, 6.07) is 40.9. The number of benzene rings is 2. The Kier molecular flexibility index (Phi) is 28.8. The summed E-state index contributed by atoms with van der Waals surface area (Å²) in [5, 5.41) is 35.9. The molecule has 0 radical (unpaired) electrons. The molecule has 6 aliphatic rings. The van der Waals surface area contributed by atoms with Crippen LogP contribution in [0.3, 0.4) is 0 Å². The van der Waals surface area contributed by atoms with Crippen LogP contribution in [0.1, 0.15) is 123 Å². The quantitative estimate of drug-likeness (QED) is 0.102. The van der Waals surface area contributed by atoms with Gasteiger partial charge >= 0.3 is 0 Å². The molecule has 136 heavy (non-hydrogen) atoms. The fraction of sp³-hybridized carbons (Fsp3) is 0.297. The molecule has 0 saturated carbocycles. The molecule has 22 heterocycles.